The van der Waals surface area contributed by atoms with Crippen molar-refractivity contribution in [2.24, 2.45) is 0 Å². The van der Waals surface area contributed by atoms with Crippen molar-refractivity contribution < 1.29 is 9.84 Å². The summed E-state index contributed by atoms with van der Waals surface area (Å²) < 4.78 is 7.04. The van der Waals surface area contributed by atoms with Crippen LogP contribution in [0.4, 0.5) is 0 Å². The zero-order valence-corrected chi connectivity index (χ0v) is 10.9. The molecular formula is C12H23N3O2. The summed E-state index contributed by atoms with van der Waals surface area (Å²) in [4.78, 5) is 4.15. The average molecular weight is 241 g/mol. The van der Waals surface area contributed by atoms with Gasteiger partial charge in [0.05, 0.1) is 5.60 Å². The number of rotatable bonds is 8. The van der Waals surface area contributed by atoms with Gasteiger partial charge < -0.3 is 19.7 Å². The van der Waals surface area contributed by atoms with Crippen molar-refractivity contribution in [1.29, 1.82) is 0 Å². The second kappa shape index (κ2) is 6.74. The molecule has 5 nitrogen and oxygen atoms in total. The topological polar surface area (TPSA) is 59.3 Å². The highest BCUT2D eigenvalue weighted by Crippen LogP contribution is 2.07. The van der Waals surface area contributed by atoms with E-state index in [0.29, 0.717) is 19.6 Å². The van der Waals surface area contributed by atoms with E-state index in [1.54, 1.807) is 13.3 Å². The fraction of sp³-hybridized carbons (Fsp3) is 0.750. The lowest BCUT2D eigenvalue weighted by molar-refractivity contribution is 0.0250. The predicted octanol–water partition coefficient (Wildman–Crippen LogP) is 0.569. The molecule has 1 unspecified atom stereocenters. The molecule has 0 radical (unpaired) electrons. The largest absolute Gasteiger partial charge is 0.389 e. The molecule has 0 saturated heterocycles. The molecule has 1 heterocycles. The Morgan fingerprint density at radius 2 is 2.35 bits per heavy atom. The van der Waals surface area contributed by atoms with Gasteiger partial charge in [-0.25, -0.2) is 4.98 Å². The third-order valence-corrected chi connectivity index (χ3v) is 2.80. The summed E-state index contributed by atoms with van der Waals surface area (Å²) in [6.07, 6.45) is 4.39. The number of hydrogen-bond acceptors (Lipinski definition) is 4. The lowest BCUT2D eigenvalue weighted by atomic mass is 10.0. The van der Waals surface area contributed by atoms with Crippen molar-refractivity contribution in [3.8, 4) is 0 Å². The van der Waals surface area contributed by atoms with Crippen molar-refractivity contribution in [1.82, 2.24) is 14.9 Å². The zero-order chi connectivity index (χ0) is 12.7. The van der Waals surface area contributed by atoms with E-state index in [0.717, 1.165) is 18.9 Å². The highest BCUT2D eigenvalue weighted by atomic mass is 16.5. The summed E-state index contributed by atoms with van der Waals surface area (Å²) in [5.74, 6) is 1.01. The lowest BCUT2D eigenvalue weighted by Crippen LogP contribution is -2.39. The Balaban J connectivity index is 2.17. The second-order valence-electron chi connectivity index (χ2n) is 4.58. The van der Waals surface area contributed by atoms with Gasteiger partial charge in [0.1, 0.15) is 5.82 Å². The summed E-state index contributed by atoms with van der Waals surface area (Å²) in [6, 6.07) is 0. The first-order valence-electron chi connectivity index (χ1n) is 5.95. The fourth-order valence-corrected chi connectivity index (χ4v) is 1.61. The van der Waals surface area contributed by atoms with Gasteiger partial charge in [-0.15, -0.1) is 0 Å². The summed E-state index contributed by atoms with van der Waals surface area (Å²) in [5, 5.41) is 13.2. The van der Waals surface area contributed by atoms with Crippen LogP contribution in [0, 0.1) is 6.92 Å². The highest BCUT2D eigenvalue weighted by molar-refractivity contribution is 4.88. The van der Waals surface area contributed by atoms with Crippen molar-refractivity contribution in [2.75, 3.05) is 26.8 Å². The van der Waals surface area contributed by atoms with Crippen LogP contribution in [0.5, 0.6) is 0 Å². The number of nitrogens with zero attached hydrogens (tertiary/aromatic N) is 2. The molecule has 1 atom stereocenters. The van der Waals surface area contributed by atoms with E-state index < -0.39 is 5.60 Å². The van der Waals surface area contributed by atoms with Crippen molar-refractivity contribution >= 4 is 0 Å². The molecule has 1 aromatic rings. The van der Waals surface area contributed by atoms with Gasteiger partial charge in [0.15, 0.2) is 0 Å². The Hall–Kier alpha value is -0.910. The number of aryl methyl sites for hydroxylation is 1. The van der Waals surface area contributed by atoms with E-state index in [1.807, 2.05) is 20.0 Å². The maximum Gasteiger partial charge on any atom is 0.105 e. The van der Waals surface area contributed by atoms with E-state index in [4.69, 9.17) is 4.74 Å². The fourth-order valence-electron chi connectivity index (χ4n) is 1.61. The number of imidazole rings is 1. The monoisotopic (exact) mass is 241 g/mol. The number of hydrogen-bond donors (Lipinski definition) is 2. The normalized spacial score (nSPS) is 14.8. The minimum atomic E-state index is -0.708. The van der Waals surface area contributed by atoms with Gasteiger partial charge in [-0.05, 0) is 13.8 Å². The van der Waals surface area contributed by atoms with Gasteiger partial charge in [0.2, 0.25) is 0 Å². The Kier molecular flexibility index (Phi) is 5.61. The first-order chi connectivity index (χ1) is 8.05. The standard InChI is InChI=1S/C12H23N3O2/c1-11-14-6-8-15(11)7-5-13-10-12(2,16)4-9-17-3/h6,8,13,16H,4-5,7,9-10H2,1-3H3. The Labute approximate surface area is 103 Å². The van der Waals surface area contributed by atoms with Gasteiger partial charge in [-0.3, -0.25) is 0 Å². The summed E-state index contributed by atoms with van der Waals surface area (Å²) in [5.41, 5.74) is -0.708. The molecule has 0 fully saturated rings. The van der Waals surface area contributed by atoms with Gasteiger partial charge >= 0.3 is 0 Å². The summed E-state index contributed by atoms with van der Waals surface area (Å²) in [6.45, 7) is 6.64. The molecule has 1 rings (SSSR count). The van der Waals surface area contributed by atoms with Crippen LogP contribution in [0.3, 0.4) is 0 Å². The number of aliphatic hydroxyl groups is 1. The van der Waals surface area contributed by atoms with E-state index in [1.165, 1.54) is 0 Å². The van der Waals surface area contributed by atoms with Crippen LogP contribution in [-0.4, -0.2) is 47.1 Å². The summed E-state index contributed by atoms with van der Waals surface area (Å²) in [7, 11) is 1.64. The Bertz CT molecular complexity index is 323. The SMILES string of the molecule is COCCC(C)(O)CNCCn1ccnc1C. The van der Waals surface area contributed by atoms with Gasteiger partial charge in [0.25, 0.3) is 0 Å². The summed E-state index contributed by atoms with van der Waals surface area (Å²) >= 11 is 0. The van der Waals surface area contributed by atoms with Crippen LogP contribution < -0.4 is 5.32 Å². The van der Waals surface area contributed by atoms with Crippen LogP contribution in [0.25, 0.3) is 0 Å². The molecule has 0 aliphatic carbocycles. The molecule has 2 N–H and O–H groups in total. The smallest absolute Gasteiger partial charge is 0.105 e. The predicted molar refractivity (Wildman–Crippen MR) is 67.0 cm³/mol. The van der Waals surface area contributed by atoms with Gasteiger partial charge in [-0.1, -0.05) is 0 Å². The molecule has 5 heteroatoms. The maximum atomic E-state index is 10.00. The van der Waals surface area contributed by atoms with E-state index in [2.05, 4.69) is 14.9 Å². The second-order valence-corrected chi connectivity index (χ2v) is 4.58. The van der Waals surface area contributed by atoms with Crippen molar-refractivity contribution in [3.63, 3.8) is 0 Å². The Morgan fingerprint density at radius 3 is 2.94 bits per heavy atom. The third kappa shape index (κ3) is 5.30. The molecule has 0 saturated carbocycles. The number of aromatic nitrogens is 2. The van der Waals surface area contributed by atoms with Crippen LogP contribution in [0.2, 0.25) is 0 Å². The maximum absolute atomic E-state index is 10.00. The van der Waals surface area contributed by atoms with E-state index in [9.17, 15) is 5.11 Å². The first kappa shape index (κ1) is 14.2. The highest BCUT2D eigenvalue weighted by Gasteiger charge is 2.18. The van der Waals surface area contributed by atoms with Crippen LogP contribution >= 0.6 is 0 Å². The van der Waals surface area contributed by atoms with Crippen LogP contribution in [-0.2, 0) is 11.3 Å². The lowest BCUT2D eigenvalue weighted by Gasteiger charge is -2.23. The quantitative estimate of drug-likeness (QED) is 0.653. The van der Waals surface area contributed by atoms with E-state index >= 15 is 0 Å². The number of ether oxygens (including phenoxy) is 1. The van der Waals surface area contributed by atoms with Crippen molar-refractivity contribution in [2.45, 2.75) is 32.4 Å². The first-order valence-corrected chi connectivity index (χ1v) is 5.95. The zero-order valence-electron chi connectivity index (χ0n) is 10.9. The molecule has 0 spiro atoms. The molecule has 0 aromatic carbocycles. The molecule has 0 aliphatic heterocycles. The third-order valence-electron chi connectivity index (χ3n) is 2.80. The molecular weight excluding hydrogens is 218 g/mol. The molecule has 0 aliphatic rings. The van der Waals surface area contributed by atoms with Gasteiger partial charge in [-0.2, -0.15) is 0 Å². The minimum Gasteiger partial charge on any atom is -0.389 e. The van der Waals surface area contributed by atoms with E-state index in [-0.39, 0.29) is 0 Å². The molecule has 17 heavy (non-hydrogen) atoms. The molecule has 1 aromatic heterocycles. The Morgan fingerprint density at radius 1 is 1.59 bits per heavy atom. The number of nitrogens with one attached hydrogen (secondary N) is 1. The van der Waals surface area contributed by atoms with Crippen molar-refractivity contribution in [3.05, 3.63) is 18.2 Å². The number of methoxy groups -OCH3 is 1. The average Bonchev–Trinajstić information content (AvgIpc) is 2.68. The van der Waals surface area contributed by atoms with Gasteiger partial charge in [0, 0.05) is 52.2 Å². The van der Waals surface area contributed by atoms with Crippen LogP contribution in [0.15, 0.2) is 12.4 Å². The minimum absolute atomic E-state index is 0.574. The molecule has 0 amide bonds. The molecule has 98 valence electrons. The molecule has 0 bridgehead atoms. The van der Waals surface area contributed by atoms with Crippen LogP contribution in [0.1, 0.15) is 19.2 Å².